The molecule has 1 aromatic carbocycles. The van der Waals surface area contributed by atoms with Crippen LogP contribution in [-0.2, 0) is 14.4 Å². The van der Waals surface area contributed by atoms with Crippen LogP contribution in [0.3, 0.4) is 0 Å². The van der Waals surface area contributed by atoms with E-state index < -0.39 is 11.8 Å². The number of carbonyl (C=O) groups is 3. The Morgan fingerprint density at radius 2 is 1.91 bits per heavy atom. The monoisotopic (exact) mass is 309 g/mol. The molecule has 0 fully saturated rings. The van der Waals surface area contributed by atoms with E-state index in [1.807, 2.05) is 0 Å². The standard InChI is InChI=1S/C14H19N3O5/c1-21-10-4-5-11(12(8-10)22-2)17-14(20)13(19)16-7-3-6-15-9-18/h4-5,8-9H,3,6-7H2,1-2H3,(H,15,18)(H,16,19)(H,17,20). The van der Waals surface area contributed by atoms with E-state index in [9.17, 15) is 14.4 Å². The lowest BCUT2D eigenvalue weighted by molar-refractivity contribution is -0.136. The van der Waals surface area contributed by atoms with Gasteiger partial charge in [-0.25, -0.2) is 0 Å². The summed E-state index contributed by atoms with van der Waals surface area (Å²) in [4.78, 5) is 33.4. The van der Waals surface area contributed by atoms with E-state index in [-0.39, 0.29) is 6.54 Å². The number of methoxy groups -OCH3 is 2. The van der Waals surface area contributed by atoms with Gasteiger partial charge >= 0.3 is 11.8 Å². The smallest absolute Gasteiger partial charge is 0.313 e. The highest BCUT2D eigenvalue weighted by molar-refractivity contribution is 6.39. The van der Waals surface area contributed by atoms with Crippen molar-refractivity contribution in [2.75, 3.05) is 32.6 Å². The first-order chi connectivity index (χ1) is 10.6. The number of rotatable bonds is 8. The van der Waals surface area contributed by atoms with Crippen LogP contribution in [0.5, 0.6) is 11.5 Å². The summed E-state index contributed by atoms with van der Waals surface area (Å²) in [6, 6.07) is 4.82. The van der Waals surface area contributed by atoms with Gasteiger partial charge in [0, 0.05) is 19.2 Å². The highest BCUT2D eigenvalue weighted by atomic mass is 16.5. The molecule has 0 saturated heterocycles. The minimum Gasteiger partial charge on any atom is -0.497 e. The van der Waals surface area contributed by atoms with Crippen molar-refractivity contribution >= 4 is 23.9 Å². The molecule has 0 bridgehead atoms. The number of anilines is 1. The zero-order chi connectivity index (χ0) is 16.4. The number of ether oxygens (including phenoxy) is 2. The molecule has 0 aliphatic rings. The Bertz CT molecular complexity index is 533. The van der Waals surface area contributed by atoms with Crippen molar-refractivity contribution in [3.05, 3.63) is 18.2 Å². The molecule has 0 spiro atoms. The normalized spacial score (nSPS) is 9.55. The molecule has 1 rings (SSSR count). The van der Waals surface area contributed by atoms with Crippen LogP contribution in [0, 0.1) is 0 Å². The van der Waals surface area contributed by atoms with Crippen molar-refractivity contribution in [3.63, 3.8) is 0 Å². The quantitative estimate of drug-likeness (QED) is 0.353. The van der Waals surface area contributed by atoms with Crippen molar-refractivity contribution in [3.8, 4) is 11.5 Å². The second-order valence-electron chi connectivity index (χ2n) is 4.20. The maximum absolute atomic E-state index is 11.8. The molecule has 0 radical (unpaired) electrons. The number of nitrogens with one attached hydrogen (secondary N) is 3. The lowest BCUT2D eigenvalue weighted by Gasteiger charge is -2.11. The molecule has 0 aliphatic heterocycles. The van der Waals surface area contributed by atoms with Gasteiger partial charge in [0.1, 0.15) is 11.5 Å². The summed E-state index contributed by atoms with van der Waals surface area (Å²) in [5, 5.41) is 7.37. The predicted octanol–water partition coefficient (Wildman–Crippen LogP) is -0.105. The van der Waals surface area contributed by atoms with E-state index in [0.717, 1.165) is 0 Å². The average Bonchev–Trinajstić information content (AvgIpc) is 2.54. The molecule has 0 heterocycles. The topological polar surface area (TPSA) is 106 Å². The molecule has 8 heteroatoms. The van der Waals surface area contributed by atoms with Gasteiger partial charge in [-0.2, -0.15) is 0 Å². The molecule has 0 atom stereocenters. The molecule has 1 aromatic rings. The molecule has 8 nitrogen and oxygen atoms in total. The van der Waals surface area contributed by atoms with E-state index in [0.29, 0.717) is 36.6 Å². The largest absolute Gasteiger partial charge is 0.497 e. The molecule has 22 heavy (non-hydrogen) atoms. The number of carbonyl (C=O) groups excluding carboxylic acids is 3. The summed E-state index contributed by atoms with van der Waals surface area (Å²) in [7, 11) is 2.96. The number of benzene rings is 1. The van der Waals surface area contributed by atoms with Gasteiger partial charge in [0.25, 0.3) is 0 Å². The number of hydrogen-bond acceptors (Lipinski definition) is 5. The van der Waals surface area contributed by atoms with Crippen LogP contribution in [0.1, 0.15) is 6.42 Å². The fourth-order valence-corrected chi connectivity index (χ4v) is 1.61. The SMILES string of the molecule is COc1ccc(NC(=O)C(=O)NCCCNC=O)c(OC)c1. The summed E-state index contributed by atoms with van der Waals surface area (Å²) >= 11 is 0. The minimum absolute atomic E-state index is 0.285. The molecule has 3 N–H and O–H groups in total. The lowest BCUT2D eigenvalue weighted by Crippen LogP contribution is -2.36. The third-order valence-electron chi connectivity index (χ3n) is 2.73. The number of hydrogen-bond donors (Lipinski definition) is 3. The van der Waals surface area contributed by atoms with Gasteiger partial charge in [-0.1, -0.05) is 0 Å². The minimum atomic E-state index is -0.799. The summed E-state index contributed by atoms with van der Waals surface area (Å²) < 4.78 is 10.2. The van der Waals surface area contributed by atoms with Crippen LogP contribution < -0.4 is 25.4 Å². The fraction of sp³-hybridized carbons (Fsp3) is 0.357. The third kappa shape index (κ3) is 5.31. The Hall–Kier alpha value is -2.77. The second-order valence-corrected chi connectivity index (χ2v) is 4.20. The van der Waals surface area contributed by atoms with Gasteiger partial charge in [0.05, 0.1) is 19.9 Å². The summed E-state index contributed by atoms with van der Waals surface area (Å²) in [6.07, 6.45) is 1.11. The Morgan fingerprint density at radius 3 is 2.55 bits per heavy atom. The van der Waals surface area contributed by atoms with Crippen LogP contribution in [0.4, 0.5) is 5.69 Å². The van der Waals surface area contributed by atoms with Crippen LogP contribution in [0.2, 0.25) is 0 Å². The highest BCUT2D eigenvalue weighted by Crippen LogP contribution is 2.28. The van der Waals surface area contributed by atoms with Gasteiger partial charge in [-0.15, -0.1) is 0 Å². The molecular weight excluding hydrogens is 290 g/mol. The Labute approximate surface area is 128 Å². The molecule has 0 unspecified atom stereocenters. The van der Waals surface area contributed by atoms with Crippen molar-refractivity contribution in [1.82, 2.24) is 10.6 Å². The molecule has 0 aliphatic carbocycles. The summed E-state index contributed by atoms with van der Waals surface area (Å²) in [5.41, 5.74) is 0.367. The van der Waals surface area contributed by atoms with Crippen molar-refractivity contribution in [2.24, 2.45) is 0 Å². The maximum Gasteiger partial charge on any atom is 0.313 e. The average molecular weight is 309 g/mol. The van der Waals surface area contributed by atoms with Gasteiger partial charge in [-0.05, 0) is 18.6 Å². The lowest BCUT2D eigenvalue weighted by atomic mass is 10.2. The maximum atomic E-state index is 11.8. The summed E-state index contributed by atoms with van der Waals surface area (Å²) in [5.74, 6) is -0.603. The molecular formula is C14H19N3O5. The van der Waals surface area contributed by atoms with Crippen LogP contribution in [-0.4, -0.2) is 45.5 Å². The van der Waals surface area contributed by atoms with Gasteiger partial charge in [0.15, 0.2) is 0 Å². The van der Waals surface area contributed by atoms with Crippen LogP contribution in [0.25, 0.3) is 0 Å². The molecule has 0 aromatic heterocycles. The van der Waals surface area contributed by atoms with E-state index in [4.69, 9.17) is 9.47 Å². The zero-order valence-corrected chi connectivity index (χ0v) is 12.5. The van der Waals surface area contributed by atoms with E-state index >= 15 is 0 Å². The zero-order valence-electron chi connectivity index (χ0n) is 12.5. The highest BCUT2D eigenvalue weighted by Gasteiger charge is 2.15. The van der Waals surface area contributed by atoms with Crippen molar-refractivity contribution in [1.29, 1.82) is 0 Å². The fourth-order valence-electron chi connectivity index (χ4n) is 1.61. The van der Waals surface area contributed by atoms with Gasteiger partial charge in [0.2, 0.25) is 6.41 Å². The van der Waals surface area contributed by atoms with Crippen LogP contribution >= 0.6 is 0 Å². The van der Waals surface area contributed by atoms with Crippen molar-refractivity contribution < 1.29 is 23.9 Å². The Kier molecular flexibility index (Phi) is 7.24. The first kappa shape index (κ1) is 17.3. The summed E-state index contributed by atoms with van der Waals surface area (Å²) in [6.45, 7) is 0.713. The number of amides is 3. The van der Waals surface area contributed by atoms with Gasteiger partial charge < -0.3 is 25.4 Å². The second kappa shape index (κ2) is 9.22. The van der Waals surface area contributed by atoms with Gasteiger partial charge in [-0.3, -0.25) is 14.4 Å². The third-order valence-corrected chi connectivity index (χ3v) is 2.73. The molecule has 0 saturated carbocycles. The van der Waals surface area contributed by atoms with E-state index in [1.165, 1.54) is 14.2 Å². The Morgan fingerprint density at radius 1 is 1.14 bits per heavy atom. The van der Waals surface area contributed by atoms with E-state index in [2.05, 4.69) is 16.0 Å². The van der Waals surface area contributed by atoms with Crippen molar-refractivity contribution in [2.45, 2.75) is 6.42 Å². The predicted molar refractivity (Wildman–Crippen MR) is 79.9 cm³/mol. The first-order valence-electron chi connectivity index (χ1n) is 6.60. The molecule has 3 amide bonds. The Balaban J connectivity index is 2.53. The molecule has 120 valence electrons. The first-order valence-corrected chi connectivity index (χ1v) is 6.60. The van der Waals surface area contributed by atoms with Crippen LogP contribution in [0.15, 0.2) is 18.2 Å². The van der Waals surface area contributed by atoms with E-state index in [1.54, 1.807) is 18.2 Å².